The number of pyridine rings is 1. The molecule has 2 heterocycles. The van der Waals surface area contributed by atoms with E-state index >= 15 is 0 Å². The summed E-state index contributed by atoms with van der Waals surface area (Å²) < 4.78 is 5.22. The summed E-state index contributed by atoms with van der Waals surface area (Å²) in [7, 11) is 0. The van der Waals surface area contributed by atoms with Crippen molar-refractivity contribution in [3.05, 3.63) is 65.2 Å². The molecule has 0 saturated carbocycles. The lowest BCUT2D eigenvalue weighted by Gasteiger charge is -2.10. The molecular weight excluding hydrogens is 290 g/mol. The minimum atomic E-state index is -0.240. The summed E-state index contributed by atoms with van der Waals surface area (Å²) in [4.78, 5) is 16.8. The maximum atomic E-state index is 12.7. The normalized spacial score (nSPS) is 10.6. The fourth-order valence-corrected chi connectivity index (χ4v) is 2.41. The van der Waals surface area contributed by atoms with Gasteiger partial charge in [0, 0.05) is 23.6 Å². The van der Waals surface area contributed by atoms with Gasteiger partial charge in [-0.2, -0.15) is 0 Å². The zero-order chi connectivity index (χ0) is 16.4. The summed E-state index contributed by atoms with van der Waals surface area (Å²) >= 11 is 0. The van der Waals surface area contributed by atoms with Crippen LogP contribution in [0.25, 0.3) is 11.3 Å². The van der Waals surface area contributed by atoms with E-state index in [1.54, 1.807) is 25.4 Å². The van der Waals surface area contributed by atoms with Crippen LogP contribution in [0.3, 0.4) is 0 Å². The van der Waals surface area contributed by atoms with Gasteiger partial charge in [-0.05, 0) is 50.1 Å². The molecule has 0 radical (unpaired) electrons. The summed E-state index contributed by atoms with van der Waals surface area (Å²) in [6.45, 7) is 5.72. The van der Waals surface area contributed by atoms with Crippen LogP contribution in [0, 0.1) is 20.8 Å². The third kappa shape index (κ3) is 2.85. The van der Waals surface area contributed by atoms with E-state index in [0.717, 1.165) is 22.4 Å². The molecular formula is C18H17N3O2. The molecule has 0 saturated heterocycles. The van der Waals surface area contributed by atoms with Gasteiger partial charge < -0.3 is 9.84 Å². The number of nitrogens with zero attached hydrogens (tertiary/aromatic N) is 2. The lowest BCUT2D eigenvalue weighted by atomic mass is 10.1. The van der Waals surface area contributed by atoms with Gasteiger partial charge in [0.05, 0.1) is 0 Å². The number of hydrogen-bond donors (Lipinski definition) is 1. The van der Waals surface area contributed by atoms with Gasteiger partial charge in [0.15, 0.2) is 0 Å². The van der Waals surface area contributed by atoms with E-state index < -0.39 is 0 Å². The standard InChI is InChI=1S/C18H17N3O2/c1-11-6-4-8-15(12(11)2)20-18(22)16-13(3)23-21-17(16)14-7-5-9-19-10-14/h4-10H,1-3H3,(H,20,22). The van der Waals surface area contributed by atoms with Gasteiger partial charge in [0.1, 0.15) is 17.0 Å². The first-order valence-electron chi connectivity index (χ1n) is 7.32. The highest BCUT2D eigenvalue weighted by Crippen LogP contribution is 2.26. The van der Waals surface area contributed by atoms with E-state index in [4.69, 9.17) is 4.52 Å². The monoisotopic (exact) mass is 307 g/mol. The quantitative estimate of drug-likeness (QED) is 0.796. The molecule has 0 aliphatic carbocycles. The lowest BCUT2D eigenvalue weighted by molar-refractivity contribution is 0.102. The molecule has 1 aromatic carbocycles. The first-order chi connectivity index (χ1) is 11.1. The Hall–Kier alpha value is -2.95. The molecule has 0 aliphatic rings. The number of amides is 1. The van der Waals surface area contributed by atoms with Crippen LogP contribution in [0.4, 0.5) is 5.69 Å². The summed E-state index contributed by atoms with van der Waals surface area (Å²) in [6.07, 6.45) is 3.33. The Balaban J connectivity index is 1.97. The Morgan fingerprint density at radius 3 is 2.70 bits per heavy atom. The maximum absolute atomic E-state index is 12.7. The Morgan fingerprint density at radius 2 is 1.96 bits per heavy atom. The van der Waals surface area contributed by atoms with Crippen LogP contribution in [-0.4, -0.2) is 16.0 Å². The molecule has 0 atom stereocenters. The number of rotatable bonds is 3. The van der Waals surface area contributed by atoms with E-state index in [2.05, 4.69) is 15.5 Å². The number of benzene rings is 1. The van der Waals surface area contributed by atoms with Crippen molar-refractivity contribution in [3.8, 4) is 11.3 Å². The van der Waals surface area contributed by atoms with Gasteiger partial charge in [0.2, 0.25) is 0 Å². The van der Waals surface area contributed by atoms with Crippen LogP contribution in [0.1, 0.15) is 27.2 Å². The molecule has 116 valence electrons. The summed E-state index contributed by atoms with van der Waals surface area (Å²) in [6, 6.07) is 9.45. The van der Waals surface area contributed by atoms with Gasteiger partial charge in [-0.25, -0.2) is 0 Å². The highest BCUT2D eigenvalue weighted by molar-refractivity contribution is 6.09. The van der Waals surface area contributed by atoms with Crippen molar-refractivity contribution >= 4 is 11.6 Å². The van der Waals surface area contributed by atoms with Crippen molar-refractivity contribution in [2.45, 2.75) is 20.8 Å². The lowest BCUT2D eigenvalue weighted by Crippen LogP contribution is -2.14. The Labute approximate surface area is 134 Å². The summed E-state index contributed by atoms with van der Waals surface area (Å²) in [5.74, 6) is 0.239. The second-order valence-corrected chi connectivity index (χ2v) is 5.41. The van der Waals surface area contributed by atoms with Crippen molar-refractivity contribution in [2.75, 3.05) is 5.32 Å². The second kappa shape index (κ2) is 6.04. The minimum Gasteiger partial charge on any atom is -0.360 e. The van der Waals surface area contributed by atoms with Crippen molar-refractivity contribution in [1.29, 1.82) is 0 Å². The van der Waals surface area contributed by atoms with Crippen molar-refractivity contribution in [1.82, 2.24) is 10.1 Å². The zero-order valence-corrected chi connectivity index (χ0v) is 13.3. The molecule has 5 heteroatoms. The molecule has 1 N–H and O–H groups in total. The van der Waals surface area contributed by atoms with Crippen molar-refractivity contribution < 1.29 is 9.32 Å². The predicted molar refractivity (Wildman–Crippen MR) is 88.3 cm³/mol. The van der Waals surface area contributed by atoms with Crippen LogP contribution in [-0.2, 0) is 0 Å². The molecule has 0 spiro atoms. The fraction of sp³-hybridized carbons (Fsp3) is 0.167. The van der Waals surface area contributed by atoms with Crippen LogP contribution in [0.5, 0.6) is 0 Å². The van der Waals surface area contributed by atoms with Crippen LogP contribution in [0.2, 0.25) is 0 Å². The molecule has 2 aromatic heterocycles. The van der Waals surface area contributed by atoms with Crippen molar-refractivity contribution in [2.24, 2.45) is 0 Å². The molecule has 1 amide bonds. The third-order valence-electron chi connectivity index (χ3n) is 3.88. The molecule has 3 aromatic rings. The molecule has 0 unspecified atom stereocenters. The first kappa shape index (κ1) is 15.0. The number of carbonyl (C=O) groups is 1. The van der Waals surface area contributed by atoms with E-state index in [1.165, 1.54) is 0 Å². The van der Waals surface area contributed by atoms with Gasteiger partial charge in [-0.1, -0.05) is 17.3 Å². The second-order valence-electron chi connectivity index (χ2n) is 5.41. The largest absolute Gasteiger partial charge is 0.360 e. The minimum absolute atomic E-state index is 0.240. The van der Waals surface area contributed by atoms with E-state index in [9.17, 15) is 4.79 Å². The molecule has 0 aliphatic heterocycles. The van der Waals surface area contributed by atoms with E-state index in [0.29, 0.717) is 17.0 Å². The van der Waals surface area contributed by atoms with Gasteiger partial charge in [0.25, 0.3) is 5.91 Å². The molecule has 23 heavy (non-hydrogen) atoms. The number of aryl methyl sites for hydroxylation is 2. The van der Waals surface area contributed by atoms with E-state index in [-0.39, 0.29) is 5.91 Å². The number of carbonyl (C=O) groups excluding carboxylic acids is 1. The molecule has 0 bridgehead atoms. The predicted octanol–water partition coefficient (Wildman–Crippen LogP) is 3.91. The molecule has 5 nitrogen and oxygen atoms in total. The Bertz CT molecular complexity index is 854. The smallest absolute Gasteiger partial charge is 0.261 e. The average Bonchev–Trinajstić information content (AvgIpc) is 2.94. The molecule has 0 fully saturated rings. The molecule has 3 rings (SSSR count). The summed E-state index contributed by atoms with van der Waals surface area (Å²) in [5, 5.41) is 6.96. The highest BCUT2D eigenvalue weighted by atomic mass is 16.5. The zero-order valence-electron chi connectivity index (χ0n) is 13.3. The third-order valence-corrected chi connectivity index (χ3v) is 3.88. The first-order valence-corrected chi connectivity index (χ1v) is 7.32. The van der Waals surface area contributed by atoms with Crippen molar-refractivity contribution in [3.63, 3.8) is 0 Å². The van der Waals surface area contributed by atoms with Gasteiger partial charge in [-0.15, -0.1) is 0 Å². The van der Waals surface area contributed by atoms with E-state index in [1.807, 2.05) is 38.1 Å². The summed E-state index contributed by atoms with van der Waals surface area (Å²) in [5.41, 5.74) is 4.62. The van der Waals surface area contributed by atoms with Gasteiger partial charge in [-0.3, -0.25) is 9.78 Å². The highest BCUT2D eigenvalue weighted by Gasteiger charge is 2.22. The van der Waals surface area contributed by atoms with Gasteiger partial charge >= 0.3 is 0 Å². The number of nitrogens with one attached hydrogen (secondary N) is 1. The Morgan fingerprint density at radius 1 is 1.13 bits per heavy atom. The van der Waals surface area contributed by atoms with Crippen LogP contribution >= 0.6 is 0 Å². The maximum Gasteiger partial charge on any atom is 0.261 e. The van der Waals surface area contributed by atoms with Crippen LogP contribution in [0.15, 0.2) is 47.2 Å². The van der Waals surface area contributed by atoms with Crippen LogP contribution < -0.4 is 5.32 Å². The SMILES string of the molecule is Cc1cccc(NC(=O)c2c(-c3cccnc3)noc2C)c1C. The Kier molecular flexibility index (Phi) is 3.93. The number of hydrogen-bond acceptors (Lipinski definition) is 4. The topological polar surface area (TPSA) is 68.0 Å². The number of anilines is 1. The average molecular weight is 307 g/mol. The number of aromatic nitrogens is 2. The fourth-order valence-electron chi connectivity index (χ4n) is 2.41.